The van der Waals surface area contributed by atoms with Gasteiger partial charge >= 0.3 is 0 Å². The van der Waals surface area contributed by atoms with Crippen LogP contribution in [0.25, 0.3) is 0 Å². The van der Waals surface area contributed by atoms with Crippen molar-refractivity contribution in [2.75, 3.05) is 12.4 Å². The van der Waals surface area contributed by atoms with Crippen LogP contribution in [0, 0.1) is 0 Å². The van der Waals surface area contributed by atoms with E-state index in [-0.39, 0.29) is 10.5 Å². The Kier molecular flexibility index (Phi) is 3.75. The van der Waals surface area contributed by atoms with Crippen LogP contribution in [0.4, 0.5) is 5.69 Å². The van der Waals surface area contributed by atoms with E-state index in [1.54, 1.807) is 42.5 Å². The van der Waals surface area contributed by atoms with E-state index in [1.807, 2.05) is 0 Å². The zero-order chi connectivity index (χ0) is 16.6. The van der Waals surface area contributed by atoms with Gasteiger partial charge in [-0.05, 0) is 24.3 Å². The Labute approximate surface area is 133 Å². The molecule has 118 valence electrons. The largest absolute Gasteiger partial charge is 0.324 e. The predicted molar refractivity (Wildman–Crippen MR) is 84.6 cm³/mol. The highest BCUT2D eigenvalue weighted by molar-refractivity contribution is 7.89. The molecule has 0 spiro atoms. The smallest absolute Gasteiger partial charge is 0.250 e. The SMILES string of the molecule is CN1[C@@H](C(=O)Nc2ccccc2)C(=O)c2ccccc2S1(=O)=O. The van der Waals surface area contributed by atoms with E-state index in [0.29, 0.717) is 5.69 Å². The van der Waals surface area contributed by atoms with Crippen LogP contribution in [0.2, 0.25) is 0 Å². The highest BCUT2D eigenvalue weighted by Gasteiger charge is 2.45. The Hall–Kier alpha value is -2.51. The van der Waals surface area contributed by atoms with E-state index >= 15 is 0 Å². The van der Waals surface area contributed by atoms with Crippen molar-refractivity contribution < 1.29 is 18.0 Å². The molecule has 0 bridgehead atoms. The molecule has 0 saturated carbocycles. The number of amides is 1. The number of anilines is 1. The predicted octanol–water partition coefficient (Wildman–Crippen LogP) is 1.51. The Morgan fingerprint density at radius 2 is 1.65 bits per heavy atom. The summed E-state index contributed by atoms with van der Waals surface area (Å²) < 4.78 is 25.8. The number of hydrogen-bond donors (Lipinski definition) is 1. The number of rotatable bonds is 2. The van der Waals surface area contributed by atoms with E-state index in [1.165, 1.54) is 19.2 Å². The lowest BCUT2D eigenvalue weighted by atomic mass is 10.0. The zero-order valence-electron chi connectivity index (χ0n) is 12.3. The normalized spacial score (nSPS) is 19.9. The van der Waals surface area contributed by atoms with Gasteiger partial charge in [0.05, 0.1) is 4.90 Å². The Morgan fingerprint density at radius 3 is 2.35 bits per heavy atom. The van der Waals surface area contributed by atoms with E-state index in [9.17, 15) is 18.0 Å². The molecule has 1 N–H and O–H groups in total. The van der Waals surface area contributed by atoms with E-state index in [4.69, 9.17) is 0 Å². The van der Waals surface area contributed by atoms with Crippen LogP contribution < -0.4 is 5.32 Å². The van der Waals surface area contributed by atoms with Crippen molar-refractivity contribution in [3.63, 3.8) is 0 Å². The summed E-state index contributed by atoms with van der Waals surface area (Å²) in [7, 11) is -2.65. The highest BCUT2D eigenvalue weighted by Crippen LogP contribution is 2.29. The van der Waals surface area contributed by atoms with Gasteiger partial charge in [0.15, 0.2) is 11.8 Å². The molecule has 0 fully saturated rings. The minimum atomic E-state index is -3.89. The Bertz CT molecular complexity index is 878. The molecule has 23 heavy (non-hydrogen) atoms. The van der Waals surface area contributed by atoms with Crippen LogP contribution in [0.15, 0.2) is 59.5 Å². The lowest BCUT2D eigenvalue weighted by Crippen LogP contribution is -2.53. The van der Waals surface area contributed by atoms with Gasteiger partial charge in [0.25, 0.3) is 5.91 Å². The summed E-state index contributed by atoms with van der Waals surface area (Å²) in [6.45, 7) is 0. The van der Waals surface area contributed by atoms with Crippen molar-refractivity contribution in [3.8, 4) is 0 Å². The second-order valence-corrected chi connectivity index (χ2v) is 7.11. The maximum absolute atomic E-state index is 12.6. The average molecular weight is 330 g/mol. The second kappa shape index (κ2) is 5.60. The number of benzene rings is 2. The first kappa shape index (κ1) is 15.4. The standard InChI is InChI=1S/C16H14N2O4S/c1-18-14(16(20)17-11-7-3-2-4-8-11)15(19)12-9-5-6-10-13(12)23(18,21)22/h2-10,14H,1H3,(H,17,20)/t14-/m1/s1. The number of carbonyl (C=O) groups is 2. The molecule has 2 aromatic carbocycles. The van der Waals surface area contributed by atoms with E-state index in [0.717, 1.165) is 4.31 Å². The highest BCUT2D eigenvalue weighted by atomic mass is 32.2. The molecule has 6 nitrogen and oxygen atoms in total. The number of nitrogens with zero attached hydrogens (tertiary/aromatic N) is 1. The zero-order valence-corrected chi connectivity index (χ0v) is 13.1. The van der Waals surface area contributed by atoms with Crippen molar-refractivity contribution in [2.45, 2.75) is 10.9 Å². The number of hydrogen-bond acceptors (Lipinski definition) is 4. The van der Waals surface area contributed by atoms with Crippen molar-refractivity contribution in [2.24, 2.45) is 0 Å². The quantitative estimate of drug-likeness (QED) is 0.846. The topological polar surface area (TPSA) is 83.6 Å². The number of carbonyl (C=O) groups excluding carboxylic acids is 2. The summed E-state index contributed by atoms with van der Waals surface area (Å²) in [5.74, 6) is -1.21. The third-order valence-corrected chi connectivity index (χ3v) is 5.59. The molecule has 1 amide bonds. The fourth-order valence-electron chi connectivity index (χ4n) is 2.52. The van der Waals surface area contributed by atoms with Crippen molar-refractivity contribution in [3.05, 3.63) is 60.2 Å². The molecule has 1 aliphatic heterocycles. The van der Waals surface area contributed by atoms with Gasteiger partial charge < -0.3 is 5.32 Å². The summed E-state index contributed by atoms with van der Waals surface area (Å²) in [4.78, 5) is 25.0. The van der Waals surface area contributed by atoms with Gasteiger partial charge in [0.1, 0.15) is 0 Å². The summed E-state index contributed by atoms with van der Waals surface area (Å²) in [6, 6.07) is 13.0. The van der Waals surface area contributed by atoms with Crippen LogP contribution in [0.1, 0.15) is 10.4 Å². The van der Waals surface area contributed by atoms with Gasteiger partial charge in [-0.25, -0.2) is 8.42 Å². The van der Waals surface area contributed by atoms with Gasteiger partial charge in [-0.1, -0.05) is 30.3 Å². The molecule has 0 radical (unpaired) electrons. The summed E-state index contributed by atoms with van der Waals surface area (Å²) in [5, 5.41) is 2.58. The Balaban J connectivity index is 2.01. The summed E-state index contributed by atoms with van der Waals surface area (Å²) >= 11 is 0. The molecule has 1 heterocycles. The third kappa shape index (κ3) is 2.54. The first-order chi connectivity index (χ1) is 10.9. The van der Waals surface area contributed by atoms with Crippen LogP contribution in [-0.4, -0.2) is 37.5 Å². The Morgan fingerprint density at radius 1 is 1.04 bits per heavy atom. The molecule has 0 aliphatic carbocycles. The second-order valence-electron chi connectivity index (χ2n) is 5.14. The fourth-order valence-corrected chi connectivity index (χ4v) is 3.99. The maximum Gasteiger partial charge on any atom is 0.250 e. The average Bonchev–Trinajstić information content (AvgIpc) is 2.54. The number of ketones is 1. The van der Waals surface area contributed by atoms with Crippen molar-refractivity contribution >= 4 is 27.4 Å². The van der Waals surface area contributed by atoms with Crippen LogP contribution in [-0.2, 0) is 14.8 Å². The van der Waals surface area contributed by atoms with Gasteiger partial charge in [0.2, 0.25) is 10.0 Å². The molecule has 1 aliphatic rings. The monoisotopic (exact) mass is 330 g/mol. The van der Waals surface area contributed by atoms with Crippen molar-refractivity contribution in [1.82, 2.24) is 4.31 Å². The van der Waals surface area contributed by atoms with Crippen molar-refractivity contribution in [1.29, 1.82) is 0 Å². The maximum atomic E-state index is 12.6. The van der Waals surface area contributed by atoms with Gasteiger partial charge in [-0.2, -0.15) is 4.31 Å². The first-order valence-corrected chi connectivity index (χ1v) is 8.34. The molecule has 3 rings (SSSR count). The fraction of sp³-hybridized carbons (Fsp3) is 0.125. The number of fused-ring (bicyclic) bond motifs is 1. The van der Waals surface area contributed by atoms with Crippen LogP contribution in [0.3, 0.4) is 0 Å². The molecule has 0 unspecified atom stereocenters. The number of nitrogens with one attached hydrogen (secondary N) is 1. The van der Waals surface area contributed by atoms with E-state index < -0.39 is 27.8 Å². The van der Waals surface area contributed by atoms with Crippen LogP contribution >= 0.6 is 0 Å². The lowest BCUT2D eigenvalue weighted by molar-refractivity contribution is -0.118. The molecule has 2 aromatic rings. The minimum Gasteiger partial charge on any atom is -0.324 e. The number of sulfonamides is 1. The van der Waals surface area contributed by atoms with Crippen LogP contribution in [0.5, 0.6) is 0 Å². The molecule has 0 aromatic heterocycles. The van der Waals surface area contributed by atoms with Gasteiger partial charge in [0, 0.05) is 18.3 Å². The molecule has 1 atom stereocenters. The molecule has 7 heteroatoms. The lowest BCUT2D eigenvalue weighted by Gasteiger charge is -2.30. The molecular weight excluding hydrogens is 316 g/mol. The number of likely N-dealkylation sites (N-methyl/N-ethyl adjacent to an activating group) is 1. The first-order valence-electron chi connectivity index (χ1n) is 6.90. The number of Topliss-reactive ketones (excluding diaryl/α,β-unsaturated/α-hetero) is 1. The van der Waals surface area contributed by atoms with Gasteiger partial charge in [-0.15, -0.1) is 0 Å². The molecule has 0 saturated heterocycles. The summed E-state index contributed by atoms with van der Waals surface area (Å²) in [5.41, 5.74) is 0.536. The summed E-state index contributed by atoms with van der Waals surface area (Å²) in [6.07, 6.45) is 0. The third-order valence-electron chi connectivity index (χ3n) is 3.71. The van der Waals surface area contributed by atoms with Gasteiger partial charge in [-0.3, -0.25) is 9.59 Å². The molecular formula is C16H14N2O4S. The number of para-hydroxylation sites is 1. The minimum absolute atomic E-state index is 0.0406. The van der Waals surface area contributed by atoms with E-state index in [2.05, 4.69) is 5.32 Å².